The molecule has 1 aliphatic heterocycles. The zero-order valence-corrected chi connectivity index (χ0v) is 17.6. The molecule has 1 saturated heterocycles. The van der Waals surface area contributed by atoms with E-state index in [2.05, 4.69) is 0 Å². The molecule has 1 aromatic heterocycles. The average Bonchev–Trinajstić information content (AvgIpc) is 3.36. The first-order valence-electron chi connectivity index (χ1n) is 9.91. The molecule has 3 aromatic rings. The van der Waals surface area contributed by atoms with Gasteiger partial charge in [0.2, 0.25) is 0 Å². The smallest absolute Gasteiger partial charge is 0.266 e. The van der Waals surface area contributed by atoms with E-state index in [4.69, 9.17) is 9.73 Å². The lowest BCUT2D eigenvalue weighted by molar-refractivity contribution is -0.122. The van der Waals surface area contributed by atoms with Crippen molar-refractivity contribution in [3.05, 3.63) is 89.6 Å². The second-order valence-corrected chi connectivity index (χ2v) is 7.69. The van der Waals surface area contributed by atoms with Gasteiger partial charge in [0, 0.05) is 24.7 Å². The number of nitrogens with zero attached hydrogens (tertiary/aromatic N) is 3. The average molecular weight is 418 g/mol. The molecule has 5 nitrogen and oxygen atoms in total. The number of hydrogen-bond acceptors (Lipinski definition) is 4. The Hall–Kier alpha value is -3.09. The SMILES string of the molecule is CCOCCN1C(=O)/C(=C\c2ccn(-c3ccccc3)c2)SC1=Nc1ccccc1. The molecule has 2 heterocycles. The molecule has 2 aromatic carbocycles. The van der Waals surface area contributed by atoms with Crippen molar-refractivity contribution in [1.82, 2.24) is 9.47 Å². The van der Waals surface area contributed by atoms with Crippen molar-refractivity contribution in [3.8, 4) is 5.69 Å². The largest absolute Gasteiger partial charge is 0.380 e. The number of para-hydroxylation sites is 2. The van der Waals surface area contributed by atoms with Gasteiger partial charge in [0.05, 0.1) is 23.7 Å². The summed E-state index contributed by atoms with van der Waals surface area (Å²) < 4.78 is 7.51. The van der Waals surface area contributed by atoms with Gasteiger partial charge in [-0.3, -0.25) is 9.69 Å². The number of hydrogen-bond donors (Lipinski definition) is 0. The molecule has 0 atom stereocenters. The highest BCUT2D eigenvalue weighted by atomic mass is 32.2. The quantitative estimate of drug-likeness (QED) is 0.396. The third-order valence-electron chi connectivity index (χ3n) is 4.60. The van der Waals surface area contributed by atoms with Crippen LogP contribution in [0.4, 0.5) is 5.69 Å². The van der Waals surface area contributed by atoms with E-state index in [9.17, 15) is 4.79 Å². The molecular formula is C24H23N3O2S. The Morgan fingerprint density at radius 1 is 1.03 bits per heavy atom. The maximum absolute atomic E-state index is 13.1. The van der Waals surface area contributed by atoms with Gasteiger partial charge >= 0.3 is 0 Å². The van der Waals surface area contributed by atoms with Crippen LogP contribution in [0.2, 0.25) is 0 Å². The van der Waals surface area contributed by atoms with E-state index in [1.807, 2.05) is 96.7 Å². The van der Waals surface area contributed by atoms with Crippen LogP contribution in [0.5, 0.6) is 0 Å². The van der Waals surface area contributed by atoms with E-state index < -0.39 is 0 Å². The third kappa shape index (κ3) is 4.72. The number of thioether (sulfide) groups is 1. The Bertz CT molecular complexity index is 1060. The summed E-state index contributed by atoms with van der Waals surface area (Å²) in [4.78, 5) is 20.1. The van der Waals surface area contributed by atoms with E-state index in [0.29, 0.717) is 29.8 Å². The molecule has 0 N–H and O–H groups in total. The van der Waals surface area contributed by atoms with Crippen LogP contribution >= 0.6 is 11.8 Å². The zero-order valence-electron chi connectivity index (χ0n) is 16.8. The molecule has 0 radical (unpaired) electrons. The summed E-state index contributed by atoms with van der Waals surface area (Å²) >= 11 is 1.40. The van der Waals surface area contributed by atoms with Crippen molar-refractivity contribution in [1.29, 1.82) is 0 Å². The summed E-state index contributed by atoms with van der Waals surface area (Å²) in [6.45, 7) is 3.53. The van der Waals surface area contributed by atoms with Crippen molar-refractivity contribution in [2.45, 2.75) is 6.92 Å². The molecule has 1 aliphatic rings. The highest BCUT2D eigenvalue weighted by Gasteiger charge is 2.33. The maximum Gasteiger partial charge on any atom is 0.266 e. The van der Waals surface area contributed by atoms with Gasteiger partial charge in [-0.25, -0.2) is 4.99 Å². The van der Waals surface area contributed by atoms with E-state index in [1.165, 1.54) is 11.8 Å². The molecule has 30 heavy (non-hydrogen) atoms. The topological polar surface area (TPSA) is 46.8 Å². The van der Waals surface area contributed by atoms with E-state index >= 15 is 0 Å². The Kier molecular flexibility index (Phi) is 6.47. The lowest BCUT2D eigenvalue weighted by Crippen LogP contribution is -2.32. The second kappa shape index (κ2) is 9.61. The van der Waals surface area contributed by atoms with Crippen LogP contribution in [0.1, 0.15) is 12.5 Å². The number of carbonyl (C=O) groups excluding carboxylic acids is 1. The Balaban J connectivity index is 1.60. The Morgan fingerprint density at radius 3 is 2.50 bits per heavy atom. The van der Waals surface area contributed by atoms with Crippen LogP contribution in [-0.4, -0.2) is 40.3 Å². The summed E-state index contributed by atoms with van der Waals surface area (Å²) in [6, 6.07) is 21.8. The van der Waals surface area contributed by atoms with Crippen molar-refractivity contribution in [2.24, 2.45) is 4.99 Å². The number of ether oxygens (including phenoxy) is 1. The minimum absolute atomic E-state index is 0.0400. The molecule has 152 valence electrons. The first kappa shape index (κ1) is 20.2. The predicted octanol–water partition coefficient (Wildman–Crippen LogP) is 5.12. The van der Waals surface area contributed by atoms with Crippen LogP contribution in [0, 0.1) is 0 Å². The fraction of sp³-hybridized carbons (Fsp3) is 0.167. The van der Waals surface area contributed by atoms with E-state index in [0.717, 1.165) is 16.9 Å². The summed E-state index contributed by atoms with van der Waals surface area (Å²) in [6.07, 6.45) is 5.94. The molecular weight excluding hydrogens is 394 g/mol. The number of rotatable bonds is 7. The summed E-state index contributed by atoms with van der Waals surface area (Å²) in [5.74, 6) is -0.0400. The minimum Gasteiger partial charge on any atom is -0.380 e. The number of benzene rings is 2. The summed E-state index contributed by atoms with van der Waals surface area (Å²) in [5.41, 5.74) is 2.88. The van der Waals surface area contributed by atoms with Crippen LogP contribution in [0.3, 0.4) is 0 Å². The monoisotopic (exact) mass is 417 g/mol. The number of amides is 1. The van der Waals surface area contributed by atoms with Gasteiger partial charge < -0.3 is 9.30 Å². The second-order valence-electron chi connectivity index (χ2n) is 6.68. The van der Waals surface area contributed by atoms with E-state index in [1.54, 1.807) is 4.90 Å². The highest BCUT2D eigenvalue weighted by Crippen LogP contribution is 2.34. The van der Waals surface area contributed by atoms with E-state index in [-0.39, 0.29) is 5.91 Å². The van der Waals surface area contributed by atoms with Crippen LogP contribution < -0.4 is 0 Å². The number of amidine groups is 1. The van der Waals surface area contributed by atoms with Gasteiger partial charge in [0.25, 0.3) is 5.91 Å². The first-order chi connectivity index (χ1) is 14.7. The van der Waals surface area contributed by atoms with Gasteiger partial charge in [-0.15, -0.1) is 0 Å². The molecule has 1 amide bonds. The molecule has 0 unspecified atom stereocenters. The number of carbonyl (C=O) groups is 1. The predicted molar refractivity (Wildman–Crippen MR) is 123 cm³/mol. The Labute approximate surface area is 180 Å². The first-order valence-corrected chi connectivity index (χ1v) is 10.7. The van der Waals surface area contributed by atoms with Crippen LogP contribution in [-0.2, 0) is 9.53 Å². The van der Waals surface area contributed by atoms with Crippen molar-refractivity contribution < 1.29 is 9.53 Å². The fourth-order valence-corrected chi connectivity index (χ4v) is 4.14. The summed E-state index contributed by atoms with van der Waals surface area (Å²) in [5, 5.41) is 0.680. The molecule has 0 saturated carbocycles. The van der Waals surface area contributed by atoms with Crippen molar-refractivity contribution in [3.63, 3.8) is 0 Å². The normalized spacial score (nSPS) is 16.7. The maximum atomic E-state index is 13.1. The molecule has 1 fully saturated rings. The van der Waals surface area contributed by atoms with Gasteiger partial charge in [-0.05, 0) is 60.7 Å². The third-order valence-corrected chi connectivity index (χ3v) is 5.61. The van der Waals surface area contributed by atoms with Gasteiger partial charge in [-0.2, -0.15) is 0 Å². The fourth-order valence-electron chi connectivity index (χ4n) is 3.11. The molecule has 4 rings (SSSR count). The standard InChI is InChI=1S/C24H23N3O2S/c1-2-29-16-15-27-23(28)22(30-24(27)25-20-9-5-3-6-10-20)17-19-13-14-26(18-19)21-11-7-4-8-12-21/h3-14,17-18H,2,15-16H2,1H3/b22-17+,25-24?. The highest BCUT2D eigenvalue weighted by molar-refractivity contribution is 8.18. The van der Waals surface area contributed by atoms with Crippen molar-refractivity contribution >= 4 is 34.6 Å². The molecule has 0 aliphatic carbocycles. The number of aromatic nitrogens is 1. The van der Waals surface area contributed by atoms with Gasteiger partial charge in [-0.1, -0.05) is 36.4 Å². The summed E-state index contributed by atoms with van der Waals surface area (Å²) in [7, 11) is 0. The molecule has 0 bridgehead atoms. The lowest BCUT2D eigenvalue weighted by Gasteiger charge is -2.15. The molecule has 0 spiro atoms. The zero-order chi connectivity index (χ0) is 20.8. The van der Waals surface area contributed by atoms with Crippen LogP contribution in [0.15, 0.2) is 89.0 Å². The van der Waals surface area contributed by atoms with Crippen LogP contribution in [0.25, 0.3) is 11.8 Å². The van der Waals surface area contributed by atoms with Gasteiger partial charge in [0.15, 0.2) is 5.17 Å². The Morgan fingerprint density at radius 2 is 1.77 bits per heavy atom. The minimum atomic E-state index is -0.0400. The molecule has 6 heteroatoms. The van der Waals surface area contributed by atoms with Crippen molar-refractivity contribution in [2.75, 3.05) is 19.8 Å². The lowest BCUT2D eigenvalue weighted by atomic mass is 10.3. The van der Waals surface area contributed by atoms with Gasteiger partial charge in [0.1, 0.15) is 0 Å². The number of aliphatic imine (C=N–C) groups is 1.